The Morgan fingerprint density at radius 2 is 1.81 bits per heavy atom. The van der Waals surface area contributed by atoms with E-state index in [2.05, 4.69) is 17.9 Å². The number of ether oxygens (including phenoxy) is 3. The van der Waals surface area contributed by atoms with Crippen LogP contribution in [0.3, 0.4) is 0 Å². The van der Waals surface area contributed by atoms with Gasteiger partial charge in [0.15, 0.2) is 0 Å². The van der Waals surface area contributed by atoms with Crippen LogP contribution in [0.15, 0.2) is 48.5 Å². The van der Waals surface area contributed by atoms with E-state index in [1.807, 2.05) is 47.4 Å². The summed E-state index contributed by atoms with van der Waals surface area (Å²) in [7, 11) is 1.70. The zero-order valence-corrected chi connectivity index (χ0v) is 18.9. The van der Waals surface area contributed by atoms with E-state index in [4.69, 9.17) is 14.2 Å². The molecule has 0 bridgehead atoms. The van der Waals surface area contributed by atoms with Gasteiger partial charge in [0.05, 0.1) is 26.4 Å². The van der Waals surface area contributed by atoms with Crippen molar-refractivity contribution >= 4 is 6.09 Å². The van der Waals surface area contributed by atoms with Crippen LogP contribution in [0.1, 0.15) is 29.2 Å². The van der Waals surface area contributed by atoms with Gasteiger partial charge in [0.2, 0.25) is 0 Å². The van der Waals surface area contributed by atoms with Crippen molar-refractivity contribution in [3.63, 3.8) is 0 Å². The van der Waals surface area contributed by atoms with E-state index in [0.717, 1.165) is 55.2 Å². The first-order valence-electron chi connectivity index (χ1n) is 11.6. The zero-order chi connectivity index (χ0) is 22.1. The van der Waals surface area contributed by atoms with E-state index >= 15 is 0 Å². The molecule has 3 fully saturated rings. The molecular weight excluding hydrogens is 404 g/mol. The predicted molar refractivity (Wildman–Crippen MR) is 122 cm³/mol. The van der Waals surface area contributed by atoms with Gasteiger partial charge in [0.1, 0.15) is 12.4 Å². The third-order valence-electron chi connectivity index (χ3n) is 7.41. The van der Waals surface area contributed by atoms with Crippen LogP contribution in [0.25, 0.3) is 0 Å². The standard InChI is InChI=1S/C26H32N2O4/c1-18-22(9-6-10-24(18)30-2)25-23(27-13-20-16-31-17-21(20)14-27)11-12-28(25)26(29)32-15-19-7-4-3-5-8-19/h3-10,20-21,23,25H,11-17H2,1-2H3/t20?,21?,23-,25-/m0/s1. The normalized spacial score (nSPS) is 27.5. The Bertz CT molecular complexity index is 938. The lowest BCUT2D eigenvalue weighted by Gasteiger charge is -2.34. The average molecular weight is 437 g/mol. The first-order chi connectivity index (χ1) is 15.7. The Morgan fingerprint density at radius 1 is 1.06 bits per heavy atom. The van der Waals surface area contributed by atoms with Gasteiger partial charge in [-0.25, -0.2) is 4.79 Å². The largest absolute Gasteiger partial charge is 0.496 e. The number of carbonyl (C=O) groups excluding carboxylic acids is 1. The van der Waals surface area contributed by atoms with Gasteiger partial charge in [0, 0.05) is 37.5 Å². The molecule has 6 nitrogen and oxygen atoms in total. The minimum atomic E-state index is -0.244. The molecule has 0 radical (unpaired) electrons. The predicted octanol–water partition coefficient (Wildman–Crippen LogP) is 4.03. The summed E-state index contributed by atoms with van der Waals surface area (Å²) in [5.74, 6) is 2.08. The Hall–Kier alpha value is -2.57. The van der Waals surface area contributed by atoms with Crippen LogP contribution in [0, 0.1) is 18.8 Å². The molecule has 0 aromatic heterocycles. The number of benzene rings is 2. The number of likely N-dealkylation sites (tertiary alicyclic amines) is 2. The molecule has 0 aliphatic carbocycles. The third-order valence-corrected chi connectivity index (χ3v) is 7.41. The van der Waals surface area contributed by atoms with Crippen molar-refractivity contribution in [2.75, 3.05) is 40.0 Å². The third kappa shape index (κ3) is 3.97. The lowest BCUT2D eigenvalue weighted by atomic mass is 9.94. The van der Waals surface area contributed by atoms with Crippen LogP contribution in [0.5, 0.6) is 5.75 Å². The molecule has 3 heterocycles. The van der Waals surface area contributed by atoms with E-state index in [-0.39, 0.29) is 24.8 Å². The summed E-state index contributed by atoms with van der Waals surface area (Å²) in [6.07, 6.45) is 0.702. The van der Waals surface area contributed by atoms with Gasteiger partial charge < -0.3 is 14.2 Å². The van der Waals surface area contributed by atoms with Gasteiger partial charge in [-0.15, -0.1) is 0 Å². The Kier molecular flexibility index (Phi) is 6.07. The molecule has 170 valence electrons. The number of rotatable bonds is 5. The molecule has 3 aliphatic rings. The van der Waals surface area contributed by atoms with Crippen LogP contribution in [0.4, 0.5) is 4.79 Å². The second kappa shape index (κ2) is 9.12. The summed E-state index contributed by atoms with van der Waals surface area (Å²) < 4.78 is 17.1. The molecule has 2 aromatic rings. The van der Waals surface area contributed by atoms with E-state index in [9.17, 15) is 4.79 Å². The van der Waals surface area contributed by atoms with Crippen LogP contribution in [-0.2, 0) is 16.1 Å². The maximum absolute atomic E-state index is 13.3. The Labute approximate surface area is 190 Å². The molecule has 5 rings (SSSR count). The van der Waals surface area contributed by atoms with Crippen molar-refractivity contribution in [2.45, 2.75) is 32.0 Å². The van der Waals surface area contributed by atoms with Gasteiger partial charge in [-0.05, 0) is 36.1 Å². The highest BCUT2D eigenvalue weighted by atomic mass is 16.6. The Balaban J connectivity index is 1.40. The monoisotopic (exact) mass is 436 g/mol. The lowest BCUT2D eigenvalue weighted by Crippen LogP contribution is -2.41. The second-order valence-electron chi connectivity index (χ2n) is 9.22. The number of amides is 1. The number of nitrogens with zero attached hydrogens (tertiary/aromatic N) is 2. The molecule has 6 heteroatoms. The first-order valence-corrected chi connectivity index (χ1v) is 11.6. The van der Waals surface area contributed by atoms with Crippen molar-refractivity contribution < 1.29 is 19.0 Å². The topological polar surface area (TPSA) is 51.2 Å². The fraction of sp³-hybridized carbons (Fsp3) is 0.500. The van der Waals surface area contributed by atoms with E-state index < -0.39 is 0 Å². The molecule has 0 N–H and O–H groups in total. The highest BCUT2D eigenvalue weighted by molar-refractivity contribution is 5.69. The molecule has 0 saturated carbocycles. The quantitative estimate of drug-likeness (QED) is 0.708. The number of hydrogen-bond acceptors (Lipinski definition) is 5. The van der Waals surface area contributed by atoms with Crippen LogP contribution in [-0.4, -0.2) is 61.9 Å². The van der Waals surface area contributed by atoms with E-state index in [0.29, 0.717) is 18.4 Å². The number of fused-ring (bicyclic) bond motifs is 1. The smallest absolute Gasteiger partial charge is 0.410 e. The van der Waals surface area contributed by atoms with Gasteiger partial charge in [-0.1, -0.05) is 42.5 Å². The van der Waals surface area contributed by atoms with Crippen LogP contribution in [0.2, 0.25) is 0 Å². The maximum Gasteiger partial charge on any atom is 0.410 e. The van der Waals surface area contributed by atoms with Crippen LogP contribution < -0.4 is 4.74 Å². The van der Waals surface area contributed by atoms with Gasteiger partial charge in [0.25, 0.3) is 0 Å². The summed E-state index contributed by atoms with van der Waals surface area (Å²) in [5.41, 5.74) is 3.24. The summed E-state index contributed by atoms with van der Waals surface area (Å²) in [5, 5.41) is 0. The minimum Gasteiger partial charge on any atom is -0.496 e. The van der Waals surface area contributed by atoms with Crippen molar-refractivity contribution in [1.82, 2.24) is 9.80 Å². The second-order valence-corrected chi connectivity index (χ2v) is 9.22. The highest BCUT2D eigenvalue weighted by Gasteiger charge is 2.47. The lowest BCUT2D eigenvalue weighted by molar-refractivity contribution is 0.0785. The van der Waals surface area contributed by atoms with E-state index in [1.165, 1.54) is 0 Å². The van der Waals surface area contributed by atoms with Crippen molar-refractivity contribution in [3.8, 4) is 5.75 Å². The molecule has 3 aliphatic heterocycles. The fourth-order valence-electron chi connectivity index (χ4n) is 5.71. The molecule has 2 aromatic carbocycles. The van der Waals surface area contributed by atoms with Crippen LogP contribution >= 0.6 is 0 Å². The molecule has 4 atom stereocenters. The van der Waals surface area contributed by atoms with Gasteiger partial charge >= 0.3 is 6.09 Å². The first kappa shape index (κ1) is 21.3. The zero-order valence-electron chi connectivity index (χ0n) is 18.9. The van der Waals surface area contributed by atoms with Crippen molar-refractivity contribution in [2.24, 2.45) is 11.8 Å². The molecule has 0 spiro atoms. The molecule has 32 heavy (non-hydrogen) atoms. The summed E-state index contributed by atoms with van der Waals surface area (Å²) in [4.78, 5) is 17.8. The number of carbonyl (C=O) groups is 1. The summed E-state index contributed by atoms with van der Waals surface area (Å²) in [6, 6.07) is 16.2. The number of methoxy groups -OCH3 is 1. The summed E-state index contributed by atoms with van der Waals surface area (Å²) in [6.45, 7) is 6.88. The van der Waals surface area contributed by atoms with Crippen molar-refractivity contribution in [1.29, 1.82) is 0 Å². The van der Waals surface area contributed by atoms with E-state index in [1.54, 1.807) is 7.11 Å². The highest BCUT2D eigenvalue weighted by Crippen LogP contribution is 2.42. The van der Waals surface area contributed by atoms with Gasteiger partial charge in [-0.3, -0.25) is 9.80 Å². The molecule has 1 amide bonds. The average Bonchev–Trinajstić information content (AvgIpc) is 3.53. The maximum atomic E-state index is 13.3. The summed E-state index contributed by atoms with van der Waals surface area (Å²) >= 11 is 0. The molecule has 3 saturated heterocycles. The minimum absolute atomic E-state index is 0.0480. The number of hydrogen-bond donors (Lipinski definition) is 0. The fourth-order valence-corrected chi connectivity index (χ4v) is 5.71. The molecular formula is C26H32N2O4. The Morgan fingerprint density at radius 3 is 2.53 bits per heavy atom. The van der Waals surface area contributed by atoms with Gasteiger partial charge in [-0.2, -0.15) is 0 Å². The molecule has 2 unspecified atom stereocenters. The van der Waals surface area contributed by atoms with Crippen molar-refractivity contribution in [3.05, 3.63) is 65.2 Å². The SMILES string of the molecule is COc1cccc([C@H]2[C@@H](N3CC4COCC4C3)CCN2C(=O)OCc2ccccc2)c1C.